The van der Waals surface area contributed by atoms with Gasteiger partial charge in [0.25, 0.3) is 0 Å². The Labute approximate surface area is 115 Å². The number of nitrogens with one attached hydrogen (secondary N) is 1. The molecule has 3 atom stereocenters. The molecule has 0 saturated carbocycles. The summed E-state index contributed by atoms with van der Waals surface area (Å²) < 4.78 is 0. The molecule has 104 valence electrons. The van der Waals surface area contributed by atoms with Gasteiger partial charge in [-0.2, -0.15) is 0 Å². The van der Waals surface area contributed by atoms with Crippen molar-refractivity contribution in [2.75, 3.05) is 13.1 Å². The third kappa shape index (κ3) is 2.63. The first-order chi connectivity index (χ1) is 9.25. The summed E-state index contributed by atoms with van der Waals surface area (Å²) in [6.07, 6.45) is 5.29. The summed E-state index contributed by atoms with van der Waals surface area (Å²) in [5.74, 6) is 0.404. The predicted molar refractivity (Wildman–Crippen MR) is 77.3 cm³/mol. The Morgan fingerprint density at radius 2 is 2.05 bits per heavy atom. The van der Waals surface area contributed by atoms with E-state index in [4.69, 9.17) is 0 Å². The van der Waals surface area contributed by atoms with Crippen LogP contribution in [0.1, 0.15) is 44.2 Å². The number of para-hydroxylation sites is 1. The van der Waals surface area contributed by atoms with Crippen molar-refractivity contribution in [2.24, 2.45) is 0 Å². The predicted octanol–water partition coefficient (Wildman–Crippen LogP) is 2.67. The van der Waals surface area contributed by atoms with Crippen LogP contribution in [-0.2, 0) is 0 Å². The number of nitrogens with zero attached hydrogens (tertiary/aromatic N) is 1. The Hall–Kier alpha value is -1.06. The molecule has 2 heterocycles. The minimum absolute atomic E-state index is 0.216. The molecule has 0 bridgehead atoms. The van der Waals surface area contributed by atoms with Crippen LogP contribution >= 0.6 is 0 Å². The van der Waals surface area contributed by atoms with Gasteiger partial charge in [-0.15, -0.1) is 0 Å². The lowest BCUT2D eigenvalue weighted by Crippen LogP contribution is -2.45. The zero-order valence-electron chi connectivity index (χ0n) is 11.7. The highest BCUT2D eigenvalue weighted by atomic mass is 16.3. The van der Waals surface area contributed by atoms with Gasteiger partial charge in [-0.3, -0.25) is 4.90 Å². The van der Waals surface area contributed by atoms with Crippen molar-refractivity contribution in [1.82, 2.24) is 10.2 Å². The molecule has 1 aromatic carbocycles. The molecule has 2 saturated heterocycles. The Morgan fingerprint density at radius 1 is 1.21 bits per heavy atom. The molecule has 0 radical (unpaired) electrons. The number of rotatable bonds is 3. The second kappa shape index (κ2) is 5.51. The van der Waals surface area contributed by atoms with Crippen molar-refractivity contribution in [3.63, 3.8) is 0 Å². The maximum atomic E-state index is 9.94. The molecule has 3 unspecified atom stereocenters. The molecule has 3 rings (SSSR count). The summed E-state index contributed by atoms with van der Waals surface area (Å²) in [5, 5.41) is 13.7. The molecular weight excluding hydrogens is 236 g/mol. The maximum Gasteiger partial charge on any atom is 0.120 e. The summed E-state index contributed by atoms with van der Waals surface area (Å²) in [6.45, 7) is 4.66. The minimum Gasteiger partial charge on any atom is -0.508 e. The van der Waals surface area contributed by atoms with E-state index in [0.29, 0.717) is 17.8 Å². The third-order valence-electron chi connectivity index (χ3n) is 4.72. The van der Waals surface area contributed by atoms with Crippen LogP contribution in [0.4, 0.5) is 0 Å². The zero-order valence-corrected chi connectivity index (χ0v) is 11.7. The quantitative estimate of drug-likeness (QED) is 0.877. The third-order valence-corrected chi connectivity index (χ3v) is 4.72. The minimum atomic E-state index is 0.216. The van der Waals surface area contributed by atoms with Crippen molar-refractivity contribution in [1.29, 1.82) is 0 Å². The topological polar surface area (TPSA) is 35.5 Å². The van der Waals surface area contributed by atoms with E-state index in [0.717, 1.165) is 5.56 Å². The fourth-order valence-electron chi connectivity index (χ4n) is 3.71. The van der Waals surface area contributed by atoms with Crippen LogP contribution in [0, 0.1) is 0 Å². The largest absolute Gasteiger partial charge is 0.508 e. The van der Waals surface area contributed by atoms with Gasteiger partial charge in [-0.1, -0.05) is 24.6 Å². The highest BCUT2D eigenvalue weighted by Crippen LogP contribution is 2.30. The molecular formula is C16H24N2O. The lowest BCUT2D eigenvalue weighted by atomic mass is 9.97. The van der Waals surface area contributed by atoms with E-state index >= 15 is 0 Å². The van der Waals surface area contributed by atoms with Crippen molar-refractivity contribution < 1.29 is 5.11 Å². The Kier molecular flexibility index (Phi) is 3.76. The maximum absolute atomic E-state index is 9.94. The first-order valence-electron chi connectivity index (χ1n) is 7.53. The van der Waals surface area contributed by atoms with Crippen LogP contribution in [0.5, 0.6) is 5.75 Å². The van der Waals surface area contributed by atoms with Crippen LogP contribution in [0.2, 0.25) is 0 Å². The molecule has 2 aliphatic rings. The lowest BCUT2D eigenvalue weighted by Gasteiger charge is -2.34. The SMILES string of the molecule is CC(NC1CCN2CCCCC12)c1ccccc1O. The first-order valence-corrected chi connectivity index (χ1v) is 7.53. The molecule has 0 aromatic heterocycles. The second-order valence-electron chi connectivity index (χ2n) is 5.94. The van der Waals surface area contributed by atoms with Crippen LogP contribution < -0.4 is 5.32 Å². The number of phenols is 1. The van der Waals surface area contributed by atoms with Crippen molar-refractivity contribution >= 4 is 0 Å². The van der Waals surface area contributed by atoms with E-state index in [1.807, 2.05) is 18.2 Å². The molecule has 3 heteroatoms. The molecule has 2 fully saturated rings. The highest BCUT2D eigenvalue weighted by molar-refractivity contribution is 5.34. The number of fused-ring (bicyclic) bond motifs is 1. The number of piperidine rings is 1. The zero-order chi connectivity index (χ0) is 13.2. The standard InChI is InChI=1S/C16H24N2O/c1-12(13-6-2-3-8-16(13)19)17-14-9-11-18-10-5-4-7-15(14)18/h2-3,6,8,12,14-15,17,19H,4-5,7,9-11H2,1H3. The van der Waals surface area contributed by atoms with Gasteiger partial charge < -0.3 is 10.4 Å². The van der Waals surface area contributed by atoms with Gasteiger partial charge in [0.15, 0.2) is 0 Å². The molecule has 0 aliphatic carbocycles. The van der Waals surface area contributed by atoms with E-state index < -0.39 is 0 Å². The van der Waals surface area contributed by atoms with Crippen LogP contribution in [-0.4, -0.2) is 35.2 Å². The second-order valence-corrected chi connectivity index (χ2v) is 5.94. The van der Waals surface area contributed by atoms with Gasteiger partial charge in [0, 0.05) is 30.2 Å². The Balaban J connectivity index is 1.67. The van der Waals surface area contributed by atoms with E-state index in [1.54, 1.807) is 6.07 Å². The smallest absolute Gasteiger partial charge is 0.120 e. The average Bonchev–Trinajstić information content (AvgIpc) is 2.83. The van der Waals surface area contributed by atoms with Gasteiger partial charge in [0.2, 0.25) is 0 Å². The number of hydrogen-bond acceptors (Lipinski definition) is 3. The summed E-state index contributed by atoms with van der Waals surface area (Å²) in [6, 6.07) is 9.17. The van der Waals surface area contributed by atoms with Crippen molar-refractivity contribution in [3.8, 4) is 5.75 Å². The van der Waals surface area contributed by atoms with Gasteiger partial charge in [0.1, 0.15) is 5.75 Å². The summed E-state index contributed by atoms with van der Waals surface area (Å²) >= 11 is 0. The fourth-order valence-corrected chi connectivity index (χ4v) is 3.71. The van der Waals surface area contributed by atoms with Gasteiger partial charge in [-0.25, -0.2) is 0 Å². The van der Waals surface area contributed by atoms with Crippen LogP contribution in [0.15, 0.2) is 24.3 Å². The Morgan fingerprint density at radius 3 is 2.89 bits per heavy atom. The van der Waals surface area contributed by atoms with Crippen molar-refractivity contribution in [2.45, 2.75) is 50.7 Å². The summed E-state index contributed by atoms with van der Waals surface area (Å²) in [7, 11) is 0. The first kappa shape index (κ1) is 12.9. The fraction of sp³-hybridized carbons (Fsp3) is 0.625. The van der Waals surface area contributed by atoms with Crippen LogP contribution in [0.3, 0.4) is 0 Å². The molecule has 19 heavy (non-hydrogen) atoms. The van der Waals surface area contributed by atoms with Gasteiger partial charge >= 0.3 is 0 Å². The normalized spacial score (nSPS) is 29.1. The number of phenolic OH excluding ortho intramolecular Hbond substituents is 1. The Bertz CT molecular complexity index is 435. The lowest BCUT2D eigenvalue weighted by molar-refractivity contribution is 0.177. The molecule has 2 aliphatic heterocycles. The van der Waals surface area contributed by atoms with E-state index in [2.05, 4.69) is 17.1 Å². The monoisotopic (exact) mass is 260 g/mol. The highest BCUT2D eigenvalue weighted by Gasteiger charge is 2.36. The van der Waals surface area contributed by atoms with Crippen LogP contribution in [0.25, 0.3) is 0 Å². The van der Waals surface area contributed by atoms with Gasteiger partial charge in [-0.05, 0) is 38.8 Å². The summed E-state index contributed by atoms with van der Waals surface area (Å²) in [4.78, 5) is 2.64. The van der Waals surface area contributed by atoms with E-state index in [1.165, 1.54) is 38.8 Å². The number of aromatic hydroxyl groups is 1. The average molecular weight is 260 g/mol. The van der Waals surface area contributed by atoms with Gasteiger partial charge in [0.05, 0.1) is 0 Å². The van der Waals surface area contributed by atoms with Crippen molar-refractivity contribution in [3.05, 3.63) is 29.8 Å². The van der Waals surface area contributed by atoms with E-state index in [9.17, 15) is 5.11 Å². The molecule has 2 N–H and O–H groups in total. The number of hydrogen-bond donors (Lipinski definition) is 2. The van der Waals surface area contributed by atoms with E-state index in [-0.39, 0.29) is 6.04 Å². The molecule has 0 spiro atoms. The molecule has 0 amide bonds. The summed E-state index contributed by atoms with van der Waals surface area (Å²) in [5.41, 5.74) is 1.01. The molecule has 1 aromatic rings. The molecule has 3 nitrogen and oxygen atoms in total. The number of benzene rings is 1.